The quantitative estimate of drug-likeness (QED) is 0.858. The van der Waals surface area contributed by atoms with Crippen LogP contribution in [0.15, 0.2) is 41.1 Å². The monoisotopic (exact) mass is 362 g/mol. The van der Waals surface area contributed by atoms with Gasteiger partial charge in [-0.3, -0.25) is 4.79 Å². The van der Waals surface area contributed by atoms with Crippen LogP contribution in [0, 0.1) is 5.92 Å². The second-order valence-electron chi connectivity index (χ2n) is 5.55. The molecule has 0 radical (unpaired) electrons. The van der Waals surface area contributed by atoms with Crippen LogP contribution in [0.1, 0.15) is 23.2 Å². The molecule has 1 aliphatic rings. The molecule has 5 nitrogen and oxygen atoms in total. The topological polar surface area (TPSA) is 59.0 Å². The Bertz CT molecular complexity index is 632. The molecule has 1 fully saturated rings. The van der Waals surface area contributed by atoms with Gasteiger partial charge in [-0.05, 0) is 56.1 Å². The third-order valence-electron chi connectivity index (χ3n) is 3.94. The highest BCUT2D eigenvalue weighted by Gasteiger charge is 2.15. The Labute approximate surface area is 138 Å². The maximum absolute atomic E-state index is 12.1. The number of hydrogen-bond donors (Lipinski definition) is 2. The molecule has 1 aromatic heterocycles. The van der Waals surface area contributed by atoms with E-state index in [1.807, 2.05) is 24.3 Å². The first-order valence-electron chi connectivity index (χ1n) is 7.52. The molecule has 116 valence electrons. The van der Waals surface area contributed by atoms with E-state index in [2.05, 4.69) is 31.7 Å². The maximum Gasteiger partial charge on any atom is 0.254 e. The smallest absolute Gasteiger partial charge is 0.254 e. The highest BCUT2D eigenvalue weighted by Crippen LogP contribution is 2.14. The van der Waals surface area contributed by atoms with Crippen LogP contribution in [0.2, 0.25) is 0 Å². The standard InChI is InChI=1S/C16H19BrN4O/c17-14-1-3-15(4-2-14)21-11-13(10-20-21)16(22)19-8-6-12-5-7-18-9-12/h1-4,10-12,18H,5-9H2,(H,19,22). The third kappa shape index (κ3) is 3.75. The second-order valence-corrected chi connectivity index (χ2v) is 6.47. The van der Waals surface area contributed by atoms with Gasteiger partial charge >= 0.3 is 0 Å². The number of carbonyl (C=O) groups excluding carboxylic acids is 1. The fraction of sp³-hybridized carbons (Fsp3) is 0.375. The van der Waals surface area contributed by atoms with Crippen LogP contribution in [0.5, 0.6) is 0 Å². The summed E-state index contributed by atoms with van der Waals surface area (Å²) in [7, 11) is 0. The van der Waals surface area contributed by atoms with Gasteiger partial charge in [-0.25, -0.2) is 4.68 Å². The summed E-state index contributed by atoms with van der Waals surface area (Å²) in [6, 6.07) is 7.80. The van der Waals surface area contributed by atoms with Gasteiger partial charge in [-0.1, -0.05) is 15.9 Å². The minimum atomic E-state index is -0.0608. The summed E-state index contributed by atoms with van der Waals surface area (Å²) in [5, 5.41) is 10.6. The molecule has 6 heteroatoms. The lowest BCUT2D eigenvalue weighted by Crippen LogP contribution is -2.26. The van der Waals surface area contributed by atoms with E-state index in [1.54, 1.807) is 17.1 Å². The van der Waals surface area contributed by atoms with E-state index >= 15 is 0 Å². The summed E-state index contributed by atoms with van der Waals surface area (Å²) in [6.07, 6.45) is 5.60. The number of nitrogens with zero attached hydrogens (tertiary/aromatic N) is 2. The van der Waals surface area contributed by atoms with Crippen LogP contribution in [0.3, 0.4) is 0 Å². The summed E-state index contributed by atoms with van der Waals surface area (Å²) in [6.45, 7) is 2.88. The van der Waals surface area contributed by atoms with E-state index < -0.39 is 0 Å². The zero-order chi connectivity index (χ0) is 15.4. The molecule has 0 spiro atoms. The minimum absolute atomic E-state index is 0.0608. The number of nitrogens with one attached hydrogen (secondary N) is 2. The number of halogens is 1. The Morgan fingerprint density at radius 3 is 2.95 bits per heavy atom. The summed E-state index contributed by atoms with van der Waals surface area (Å²) in [4.78, 5) is 12.1. The summed E-state index contributed by atoms with van der Waals surface area (Å²) < 4.78 is 2.73. The Hall–Kier alpha value is -1.66. The van der Waals surface area contributed by atoms with E-state index in [-0.39, 0.29) is 5.91 Å². The lowest BCUT2D eigenvalue weighted by atomic mass is 10.1. The molecule has 1 unspecified atom stereocenters. The van der Waals surface area contributed by atoms with E-state index in [4.69, 9.17) is 0 Å². The van der Waals surface area contributed by atoms with Crippen molar-refractivity contribution >= 4 is 21.8 Å². The molecule has 1 atom stereocenters. The first-order valence-corrected chi connectivity index (χ1v) is 8.31. The lowest BCUT2D eigenvalue weighted by Gasteiger charge is -2.08. The van der Waals surface area contributed by atoms with Crippen molar-refractivity contribution in [1.82, 2.24) is 20.4 Å². The summed E-state index contributed by atoms with van der Waals surface area (Å²) in [5.41, 5.74) is 1.52. The number of amides is 1. The van der Waals surface area contributed by atoms with E-state index in [0.717, 1.165) is 29.7 Å². The Morgan fingerprint density at radius 1 is 1.41 bits per heavy atom. The van der Waals surface area contributed by atoms with Crippen molar-refractivity contribution in [2.75, 3.05) is 19.6 Å². The Kier molecular flexibility index (Phi) is 4.90. The Balaban J connectivity index is 1.55. The molecule has 1 amide bonds. The first kappa shape index (κ1) is 15.2. The largest absolute Gasteiger partial charge is 0.352 e. The van der Waals surface area contributed by atoms with Gasteiger partial charge < -0.3 is 10.6 Å². The van der Waals surface area contributed by atoms with Gasteiger partial charge in [0.05, 0.1) is 17.4 Å². The molecule has 1 aliphatic heterocycles. The average molecular weight is 363 g/mol. The molecule has 0 bridgehead atoms. The van der Waals surface area contributed by atoms with Gasteiger partial charge in [0.1, 0.15) is 0 Å². The van der Waals surface area contributed by atoms with Crippen molar-refractivity contribution in [3.63, 3.8) is 0 Å². The molecule has 0 aliphatic carbocycles. The third-order valence-corrected chi connectivity index (χ3v) is 4.47. The van der Waals surface area contributed by atoms with E-state index in [0.29, 0.717) is 18.0 Å². The normalized spacial score (nSPS) is 17.6. The fourth-order valence-electron chi connectivity index (χ4n) is 2.63. The molecular formula is C16H19BrN4O. The van der Waals surface area contributed by atoms with E-state index in [1.165, 1.54) is 6.42 Å². The lowest BCUT2D eigenvalue weighted by molar-refractivity contribution is 0.0951. The van der Waals surface area contributed by atoms with Gasteiger partial charge in [0.25, 0.3) is 5.91 Å². The molecular weight excluding hydrogens is 344 g/mol. The van der Waals surface area contributed by atoms with Gasteiger partial charge in [-0.15, -0.1) is 0 Å². The average Bonchev–Trinajstić information content (AvgIpc) is 3.19. The van der Waals surface area contributed by atoms with Crippen molar-refractivity contribution in [3.05, 3.63) is 46.7 Å². The molecule has 2 N–H and O–H groups in total. The number of hydrogen-bond acceptors (Lipinski definition) is 3. The van der Waals surface area contributed by atoms with Gasteiger partial charge in [0, 0.05) is 17.2 Å². The zero-order valence-electron chi connectivity index (χ0n) is 12.3. The SMILES string of the molecule is O=C(NCCC1CCNC1)c1cnn(-c2ccc(Br)cc2)c1. The van der Waals surface area contributed by atoms with E-state index in [9.17, 15) is 4.79 Å². The van der Waals surface area contributed by atoms with Crippen LogP contribution >= 0.6 is 15.9 Å². The Morgan fingerprint density at radius 2 is 2.23 bits per heavy atom. The molecule has 1 aromatic carbocycles. The summed E-state index contributed by atoms with van der Waals surface area (Å²) in [5.74, 6) is 0.625. The molecule has 1 saturated heterocycles. The summed E-state index contributed by atoms with van der Waals surface area (Å²) >= 11 is 3.40. The van der Waals surface area contributed by atoms with Gasteiger partial charge in [0.15, 0.2) is 0 Å². The number of aromatic nitrogens is 2. The zero-order valence-corrected chi connectivity index (χ0v) is 13.8. The van der Waals surface area contributed by atoms with Crippen LogP contribution in [-0.4, -0.2) is 35.3 Å². The van der Waals surface area contributed by atoms with Crippen LogP contribution < -0.4 is 10.6 Å². The minimum Gasteiger partial charge on any atom is -0.352 e. The van der Waals surface area contributed by atoms with Crippen molar-refractivity contribution in [3.8, 4) is 5.69 Å². The fourth-order valence-corrected chi connectivity index (χ4v) is 2.89. The maximum atomic E-state index is 12.1. The highest BCUT2D eigenvalue weighted by atomic mass is 79.9. The predicted octanol–water partition coefficient (Wildman–Crippen LogP) is 2.36. The molecule has 22 heavy (non-hydrogen) atoms. The van der Waals surface area contributed by atoms with Crippen LogP contribution in [-0.2, 0) is 0 Å². The molecule has 2 aromatic rings. The second kappa shape index (κ2) is 7.07. The van der Waals surface area contributed by atoms with Crippen molar-refractivity contribution in [2.24, 2.45) is 5.92 Å². The molecule has 3 rings (SSSR count). The number of carbonyl (C=O) groups is 1. The number of rotatable bonds is 5. The predicted molar refractivity (Wildman–Crippen MR) is 89.2 cm³/mol. The van der Waals surface area contributed by atoms with Crippen LogP contribution in [0.4, 0.5) is 0 Å². The van der Waals surface area contributed by atoms with Crippen molar-refractivity contribution < 1.29 is 4.79 Å². The first-order chi connectivity index (χ1) is 10.7. The number of benzene rings is 1. The van der Waals surface area contributed by atoms with Crippen molar-refractivity contribution in [1.29, 1.82) is 0 Å². The van der Waals surface area contributed by atoms with Crippen molar-refractivity contribution in [2.45, 2.75) is 12.8 Å². The highest BCUT2D eigenvalue weighted by molar-refractivity contribution is 9.10. The van der Waals surface area contributed by atoms with Gasteiger partial charge in [-0.2, -0.15) is 5.10 Å². The van der Waals surface area contributed by atoms with Gasteiger partial charge in [0.2, 0.25) is 0 Å². The molecule has 0 saturated carbocycles. The van der Waals surface area contributed by atoms with Crippen LogP contribution in [0.25, 0.3) is 5.69 Å². The molecule has 2 heterocycles.